The summed E-state index contributed by atoms with van der Waals surface area (Å²) in [4.78, 5) is 0. The van der Waals surface area contributed by atoms with E-state index in [1.54, 1.807) is 0 Å². The fourth-order valence-corrected chi connectivity index (χ4v) is 1.71. The summed E-state index contributed by atoms with van der Waals surface area (Å²) in [6, 6.07) is 1.43. The van der Waals surface area contributed by atoms with Crippen LogP contribution in [0, 0.1) is 5.82 Å². The highest BCUT2D eigenvalue weighted by Crippen LogP contribution is 2.38. The van der Waals surface area contributed by atoms with E-state index < -0.39 is 5.82 Å². The van der Waals surface area contributed by atoms with E-state index in [4.69, 9.17) is 26.8 Å². The maximum Gasteiger partial charge on any atom is 0.168 e. The first kappa shape index (κ1) is 10.5. The van der Waals surface area contributed by atoms with Crippen molar-refractivity contribution in [3.63, 3.8) is 0 Å². The topological polar surface area (TPSA) is 44.5 Å². The Morgan fingerprint density at radius 2 is 2.13 bits per heavy atom. The Labute approximate surface area is 91.9 Å². The summed E-state index contributed by atoms with van der Waals surface area (Å²) in [7, 11) is 0. The molecule has 1 aliphatic rings. The highest BCUT2D eigenvalue weighted by molar-refractivity contribution is 6.31. The molecule has 0 aromatic heterocycles. The van der Waals surface area contributed by atoms with Crippen LogP contribution in [-0.2, 0) is 6.54 Å². The Bertz CT molecular complexity index is 384. The maximum atomic E-state index is 13.6. The monoisotopic (exact) mass is 231 g/mol. The van der Waals surface area contributed by atoms with Gasteiger partial charge in [-0.05, 0) is 0 Å². The van der Waals surface area contributed by atoms with Crippen LogP contribution in [0.2, 0.25) is 5.02 Å². The summed E-state index contributed by atoms with van der Waals surface area (Å²) in [6.45, 7) is 1.08. The van der Waals surface area contributed by atoms with E-state index in [-0.39, 0.29) is 17.1 Å². The van der Waals surface area contributed by atoms with Crippen LogP contribution in [0.5, 0.6) is 11.5 Å². The van der Waals surface area contributed by atoms with E-state index >= 15 is 0 Å². The molecule has 1 aromatic carbocycles. The predicted octanol–water partition coefficient (Wildman–Crippen LogP) is 2.10. The van der Waals surface area contributed by atoms with Crippen LogP contribution in [0.25, 0.3) is 0 Å². The lowest BCUT2D eigenvalue weighted by atomic mass is 10.1. The number of ether oxygens (including phenoxy) is 2. The number of hydrogen-bond donors (Lipinski definition) is 1. The minimum atomic E-state index is -0.525. The lowest BCUT2D eigenvalue weighted by molar-refractivity contribution is 0.296. The summed E-state index contributed by atoms with van der Waals surface area (Å²) in [6.07, 6.45) is 0.762. The SMILES string of the molecule is NCc1c(F)c(Cl)cc2c1OCCCO2. The molecule has 0 bridgehead atoms. The summed E-state index contributed by atoms with van der Waals surface area (Å²) < 4.78 is 24.4. The van der Waals surface area contributed by atoms with Gasteiger partial charge < -0.3 is 15.2 Å². The Morgan fingerprint density at radius 3 is 2.87 bits per heavy atom. The third-order valence-electron chi connectivity index (χ3n) is 2.23. The summed E-state index contributed by atoms with van der Waals surface area (Å²) in [5.74, 6) is 0.333. The van der Waals surface area contributed by atoms with Crippen LogP contribution in [0.15, 0.2) is 6.07 Å². The molecule has 1 aliphatic heterocycles. The van der Waals surface area contributed by atoms with Crippen molar-refractivity contribution in [1.29, 1.82) is 0 Å². The van der Waals surface area contributed by atoms with Crippen LogP contribution in [0.1, 0.15) is 12.0 Å². The number of rotatable bonds is 1. The molecule has 2 rings (SSSR count). The lowest BCUT2D eigenvalue weighted by Gasteiger charge is -2.13. The molecule has 0 atom stereocenters. The van der Waals surface area contributed by atoms with Gasteiger partial charge in [-0.2, -0.15) is 0 Å². The lowest BCUT2D eigenvalue weighted by Crippen LogP contribution is -2.05. The van der Waals surface area contributed by atoms with Crippen LogP contribution in [0.3, 0.4) is 0 Å². The Hall–Kier alpha value is -1.00. The summed E-state index contributed by atoms with van der Waals surface area (Å²) in [5.41, 5.74) is 5.74. The Balaban J connectivity index is 2.56. The molecule has 0 spiro atoms. The van der Waals surface area contributed by atoms with E-state index in [0.29, 0.717) is 24.7 Å². The molecule has 2 N–H and O–H groups in total. The molecule has 1 aromatic rings. The Morgan fingerprint density at radius 1 is 1.40 bits per heavy atom. The van der Waals surface area contributed by atoms with Gasteiger partial charge in [0.15, 0.2) is 11.5 Å². The van der Waals surface area contributed by atoms with Gasteiger partial charge in [0.25, 0.3) is 0 Å². The van der Waals surface area contributed by atoms with Crippen LogP contribution in [-0.4, -0.2) is 13.2 Å². The zero-order valence-electron chi connectivity index (χ0n) is 8.06. The second-order valence-corrected chi connectivity index (χ2v) is 3.64. The number of benzene rings is 1. The minimum Gasteiger partial charge on any atom is -0.489 e. The number of halogens is 2. The van der Waals surface area contributed by atoms with Gasteiger partial charge in [0.2, 0.25) is 0 Å². The van der Waals surface area contributed by atoms with Crippen molar-refractivity contribution in [2.75, 3.05) is 13.2 Å². The molecule has 0 unspecified atom stereocenters. The largest absolute Gasteiger partial charge is 0.489 e. The molecular formula is C10H11ClFNO2. The normalized spacial score (nSPS) is 14.9. The van der Waals surface area contributed by atoms with Gasteiger partial charge in [-0.15, -0.1) is 0 Å². The van der Waals surface area contributed by atoms with Gasteiger partial charge in [0, 0.05) is 24.6 Å². The van der Waals surface area contributed by atoms with Crippen LogP contribution >= 0.6 is 11.6 Å². The van der Waals surface area contributed by atoms with E-state index in [2.05, 4.69) is 0 Å². The van der Waals surface area contributed by atoms with Gasteiger partial charge in [0.05, 0.1) is 18.2 Å². The molecule has 0 saturated carbocycles. The molecule has 0 aliphatic carbocycles. The predicted molar refractivity (Wildman–Crippen MR) is 54.9 cm³/mol. The van der Waals surface area contributed by atoms with Crippen molar-refractivity contribution in [2.24, 2.45) is 5.73 Å². The van der Waals surface area contributed by atoms with E-state index in [9.17, 15) is 4.39 Å². The van der Waals surface area contributed by atoms with E-state index in [1.165, 1.54) is 6.07 Å². The van der Waals surface area contributed by atoms with E-state index in [1.807, 2.05) is 0 Å². The van der Waals surface area contributed by atoms with Crippen molar-refractivity contribution in [2.45, 2.75) is 13.0 Å². The zero-order valence-corrected chi connectivity index (χ0v) is 8.81. The molecular weight excluding hydrogens is 221 g/mol. The zero-order chi connectivity index (χ0) is 10.8. The fraction of sp³-hybridized carbons (Fsp3) is 0.400. The highest BCUT2D eigenvalue weighted by atomic mass is 35.5. The molecule has 0 fully saturated rings. The quantitative estimate of drug-likeness (QED) is 0.805. The first-order chi connectivity index (χ1) is 7.24. The average molecular weight is 232 g/mol. The minimum absolute atomic E-state index is 0.0136. The highest BCUT2D eigenvalue weighted by Gasteiger charge is 2.20. The number of hydrogen-bond acceptors (Lipinski definition) is 3. The van der Waals surface area contributed by atoms with Crippen molar-refractivity contribution in [3.8, 4) is 11.5 Å². The molecule has 15 heavy (non-hydrogen) atoms. The van der Waals surface area contributed by atoms with Gasteiger partial charge in [-0.3, -0.25) is 0 Å². The van der Waals surface area contributed by atoms with Gasteiger partial charge in [0.1, 0.15) is 5.82 Å². The maximum absolute atomic E-state index is 13.6. The van der Waals surface area contributed by atoms with Crippen LogP contribution < -0.4 is 15.2 Å². The second kappa shape index (κ2) is 4.24. The third-order valence-corrected chi connectivity index (χ3v) is 2.50. The molecule has 0 saturated heterocycles. The first-order valence-corrected chi connectivity index (χ1v) is 5.08. The molecule has 0 amide bonds. The molecule has 82 valence electrons. The third kappa shape index (κ3) is 1.87. The number of nitrogens with two attached hydrogens (primary N) is 1. The smallest absolute Gasteiger partial charge is 0.168 e. The fourth-order valence-electron chi connectivity index (χ4n) is 1.50. The van der Waals surface area contributed by atoms with Crippen molar-refractivity contribution >= 4 is 11.6 Å². The first-order valence-electron chi connectivity index (χ1n) is 4.70. The molecule has 3 nitrogen and oxygen atoms in total. The van der Waals surface area contributed by atoms with Crippen molar-refractivity contribution in [1.82, 2.24) is 0 Å². The summed E-state index contributed by atoms with van der Waals surface area (Å²) in [5, 5.41) is 0.0136. The second-order valence-electron chi connectivity index (χ2n) is 3.23. The molecule has 5 heteroatoms. The Kier molecular flexibility index (Phi) is 2.98. The van der Waals surface area contributed by atoms with Gasteiger partial charge in [-0.25, -0.2) is 4.39 Å². The van der Waals surface area contributed by atoms with Gasteiger partial charge >= 0.3 is 0 Å². The van der Waals surface area contributed by atoms with Crippen molar-refractivity contribution in [3.05, 3.63) is 22.5 Å². The average Bonchev–Trinajstić information content (AvgIpc) is 2.45. The molecule has 0 radical (unpaired) electrons. The standard InChI is InChI=1S/C10H11ClFNO2/c11-7-4-8-10(6(5-13)9(7)12)15-3-1-2-14-8/h4H,1-3,5,13H2. The molecule has 1 heterocycles. The van der Waals surface area contributed by atoms with E-state index in [0.717, 1.165) is 6.42 Å². The van der Waals surface area contributed by atoms with Gasteiger partial charge in [-0.1, -0.05) is 11.6 Å². The van der Waals surface area contributed by atoms with Crippen molar-refractivity contribution < 1.29 is 13.9 Å². The van der Waals surface area contributed by atoms with Crippen LogP contribution in [0.4, 0.5) is 4.39 Å². The summed E-state index contributed by atoms with van der Waals surface area (Å²) >= 11 is 5.72. The number of fused-ring (bicyclic) bond motifs is 1.